The first kappa shape index (κ1) is 16.3. The molecular formula is C17H18N2O4S. The zero-order valence-corrected chi connectivity index (χ0v) is 14.0. The fourth-order valence-electron chi connectivity index (χ4n) is 2.59. The van der Waals surface area contributed by atoms with E-state index in [0.29, 0.717) is 30.1 Å². The molecule has 0 atom stereocenters. The van der Waals surface area contributed by atoms with Gasteiger partial charge in [0.2, 0.25) is 15.9 Å². The molecule has 7 heteroatoms. The maximum Gasteiger partial charge on any atom is 0.248 e. The number of furan rings is 1. The molecule has 0 saturated carbocycles. The topological polar surface area (TPSA) is 79.6 Å². The van der Waals surface area contributed by atoms with Gasteiger partial charge in [-0.05, 0) is 49.2 Å². The lowest BCUT2D eigenvalue weighted by atomic mass is 10.1. The van der Waals surface area contributed by atoms with Crippen LogP contribution in [0.25, 0.3) is 6.08 Å². The highest BCUT2D eigenvalue weighted by atomic mass is 32.2. The largest absolute Gasteiger partial charge is 0.465 e. The van der Waals surface area contributed by atoms with Gasteiger partial charge in [0.1, 0.15) is 5.76 Å². The van der Waals surface area contributed by atoms with Crippen LogP contribution in [0.5, 0.6) is 0 Å². The zero-order chi connectivity index (χ0) is 17.2. The van der Waals surface area contributed by atoms with Gasteiger partial charge in [0.25, 0.3) is 0 Å². The molecule has 24 heavy (non-hydrogen) atoms. The molecule has 1 aliphatic rings. The molecule has 126 valence electrons. The quantitative estimate of drug-likeness (QED) is 0.863. The molecule has 0 unspecified atom stereocenters. The van der Waals surface area contributed by atoms with Crippen LogP contribution >= 0.6 is 0 Å². The first-order valence-corrected chi connectivity index (χ1v) is 9.20. The van der Waals surface area contributed by atoms with Crippen LogP contribution < -0.4 is 9.62 Å². The number of sulfonamides is 1. The molecule has 2 aromatic rings. The van der Waals surface area contributed by atoms with Gasteiger partial charge in [0, 0.05) is 18.3 Å². The van der Waals surface area contributed by atoms with Crippen molar-refractivity contribution in [3.8, 4) is 0 Å². The van der Waals surface area contributed by atoms with Crippen LogP contribution in [0.1, 0.15) is 17.7 Å². The number of nitrogens with one attached hydrogen (secondary N) is 1. The molecule has 0 aliphatic carbocycles. The van der Waals surface area contributed by atoms with E-state index in [0.717, 1.165) is 5.56 Å². The monoisotopic (exact) mass is 346 g/mol. The van der Waals surface area contributed by atoms with E-state index in [4.69, 9.17) is 4.42 Å². The Morgan fingerprint density at radius 1 is 1.33 bits per heavy atom. The first-order chi connectivity index (χ1) is 11.5. The summed E-state index contributed by atoms with van der Waals surface area (Å²) in [6, 6.07) is 8.72. The van der Waals surface area contributed by atoms with Crippen molar-refractivity contribution in [3.05, 3.63) is 54.0 Å². The number of aryl methyl sites for hydroxylation is 1. The lowest BCUT2D eigenvalue weighted by Gasteiger charge is -2.20. The van der Waals surface area contributed by atoms with Crippen molar-refractivity contribution in [1.29, 1.82) is 0 Å². The molecule has 1 aromatic carbocycles. The Hall–Kier alpha value is -2.54. The van der Waals surface area contributed by atoms with E-state index < -0.39 is 10.0 Å². The average molecular weight is 346 g/mol. The van der Waals surface area contributed by atoms with Crippen LogP contribution in [0.2, 0.25) is 0 Å². The van der Waals surface area contributed by atoms with Crippen LogP contribution in [0.15, 0.2) is 47.1 Å². The summed E-state index contributed by atoms with van der Waals surface area (Å²) in [7, 11) is -3.25. The summed E-state index contributed by atoms with van der Waals surface area (Å²) in [5.74, 6) is 0.429. The van der Waals surface area contributed by atoms with Gasteiger partial charge < -0.3 is 9.73 Å². The minimum absolute atomic E-state index is 0.162. The van der Waals surface area contributed by atoms with E-state index in [2.05, 4.69) is 5.32 Å². The first-order valence-electron chi connectivity index (χ1n) is 7.59. The van der Waals surface area contributed by atoms with Crippen LogP contribution in [-0.4, -0.2) is 26.6 Å². The smallest absolute Gasteiger partial charge is 0.248 e. The van der Waals surface area contributed by atoms with Gasteiger partial charge in [-0.15, -0.1) is 0 Å². The number of benzene rings is 1. The van der Waals surface area contributed by atoms with E-state index in [1.54, 1.807) is 36.4 Å². The third-order valence-electron chi connectivity index (χ3n) is 3.79. The highest BCUT2D eigenvalue weighted by Crippen LogP contribution is 2.30. The minimum atomic E-state index is -3.25. The number of nitrogens with zero attached hydrogens (tertiary/aromatic N) is 1. The summed E-state index contributed by atoms with van der Waals surface area (Å²) in [4.78, 5) is 12.0. The van der Waals surface area contributed by atoms with Crippen LogP contribution in [0.4, 0.5) is 11.4 Å². The molecule has 6 nitrogen and oxygen atoms in total. The van der Waals surface area contributed by atoms with Crippen molar-refractivity contribution in [2.75, 3.05) is 21.9 Å². The molecular weight excluding hydrogens is 328 g/mol. The predicted molar refractivity (Wildman–Crippen MR) is 93.3 cm³/mol. The minimum Gasteiger partial charge on any atom is -0.465 e. The van der Waals surface area contributed by atoms with E-state index in [1.807, 2.05) is 6.92 Å². The second-order valence-corrected chi connectivity index (χ2v) is 7.59. The number of hydrogen-bond donors (Lipinski definition) is 1. The van der Waals surface area contributed by atoms with E-state index in [-0.39, 0.29) is 11.7 Å². The molecule has 1 fully saturated rings. The van der Waals surface area contributed by atoms with Crippen molar-refractivity contribution >= 4 is 33.4 Å². The van der Waals surface area contributed by atoms with Gasteiger partial charge in [0.15, 0.2) is 0 Å². The van der Waals surface area contributed by atoms with Gasteiger partial charge >= 0.3 is 0 Å². The Morgan fingerprint density at radius 3 is 2.83 bits per heavy atom. The Kier molecular flexibility index (Phi) is 4.44. The number of carbonyl (C=O) groups excluding carboxylic acids is 1. The Balaban J connectivity index is 1.77. The van der Waals surface area contributed by atoms with Gasteiger partial charge in [-0.2, -0.15) is 0 Å². The Bertz CT molecular complexity index is 870. The van der Waals surface area contributed by atoms with E-state index in [1.165, 1.54) is 16.6 Å². The van der Waals surface area contributed by atoms with Crippen molar-refractivity contribution < 1.29 is 17.6 Å². The molecule has 0 spiro atoms. The molecule has 3 rings (SSSR count). The second-order valence-electron chi connectivity index (χ2n) is 5.58. The fraction of sp³-hybridized carbons (Fsp3) is 0.235. The van der Waals surface area contributed by atoms with E-state index in [9.17, 15) is 13.2 Å². The number of carbonyl (C=O) groups is 1. The molecule has 1 aliphatic heterocycles. The lowest BCUT2D eigenvalue weighted by Crippen LogP contribution is -2.26. The standard InChI is InChI=1S/C17H18N2O4S/c1-13-5-6-14(12-16(13)19-9-3-11-24(19,21)22)18-17(20)8-7-15-4-2-10-23-15/h2,4-8,10,12H,3,9,11H2,1H3,(H,18,20)/b8-7+. The summed E-state index contributed by atoms with van der Waals surface area (Å²) in [6.07, 6.45) is 5.07. The van der Waals surface area contributed by atoms with Crippen molar-refractivity contribution in [1.82, 2.24) is 0 Å². The molecule has 0 radical (unpaired) electrons. The SMILES string of the molecule is Cc1ccc(NC(=O)/C=C/c2ccco2)cc1N1CCCS1(=O)=O. The van der Waals surface area contributed by atoms with Crippen molar-refractivity contribution in [2.24, 2.45) is 0 Å². The second kappa shape index (κ2) is 6.52. The summed E-state index contributed by atoms with van der Waals surface area (Å²) in [6.45, 7) is 2.32. The van der Waals surface area contributed by atoms with Gasteiger partial charge in [0.05, 0.1) is 17.7 Å². The highest BCUT2D eigenvalue weighted by Gasteiger charge is 2.29. The summed E-state index contributed by atoms with van der Waals surface area (Å²) < 4.78 is 30.7. The highest BCUT2D eigenvalue weighted by molar-refractivity contribution is 7.93. The van der Waals surface area contributed by atoms with Crippen LogP contribution in [0, 0.1) is 6.92 Å². The van der Waals surface area contributed by atoms with Gasteiger partial charge in [-0.3, -0.25) is 9.10 Å². The lowest BCUT2D eigenvalue weighted by molar-refractivity contribution is -0.111. The predicted octanol–water partition coefficient (Wildman–Crippen LogP) is 2.78. The Labute approximate surface area is 140 Å². The summed E-state index contributed by atoms with van der Waals surface area (Å²) >= 11 is 0. The third kappa shape index (κ3) is 3.51. The average Bonchev–Trinajstić information content (AvgIpc) is 3.16. The van der Waals surface area contributed by atoms with Gasteiger partial charge in [-0.1, -0.05) is 6.07 Å². The number of rotatable bonds is 4. The maximum absolute atomic E-state index is 12.1. The van der Waals surface area contributed by atoms with Crippen LogP contribution in [0.3, 0.4) is 0 Å². The third-order valence-corrected chi connectivity index (χ3v) is 5.64. The molecule has 1 aromatic heterocycles. The molecule has 1 N–H and O–H groups in total. The summed E-state index contributed by atoms with van der Waals surface area (Å²) in [5.41, 5.74) is 2.01. The molecule has 2 heterocycles. The Morgan fingerprint density at radius 2 is 2.17 bits per heavy atom. The molecule has 1 amide bonds. The zero-order valence-electron chi connectivity index (χ0n) is 13.2. The van der Waals surface area contributed by atoms with E-state index >= 15 is 0 Å². The molecule has 1 saturated heterocycles. The number of anilines is 2. The van der Waals surface area contributed by atoms with Crippen molar-refractivity contribution in [2.45, 2.75) is 13.3 Å². The molecule has 0 bridgehead atoms. The summed E-state index contributed by atoms with van der Waals surface area (Å²) in [5, 5.41) is 2.73. The number of amides is 1. The normalized spacial score (nSPS) is 16.6. The fourth-order valence-corrected chi connectivity index (χ4v) is 4.21. The van der Waals surface area contributed by atoms with Gasteiger partial charge in [-0.25, -0.2) is 8.42 Å². The van der Waals surface area contributed by atoms with Crippen LogP contribution in [-0.2, 0) is 14.8 Å². The van der Waals surface area contributed by atoms with Crippen molar-refractivity contribution in [3.63, 3.8) is 0 Å². The number of hydrogen-bond acceptors (Lipinski definition) is 4. The maximum atomic E-state index is 12.1.